The van der Waals surface area contributed by atoms with Crippen LogP contribution in [0.1, 0.15) is 25.7 Å². The summed E-state index contributed by atoms with van der Waals surface area (Å²) >= 11 is 0. The Morgan fingerprint density at radius 1 is 1.75 bits per heavy atom. The summed E-state index contributed by atoms with van der Waals surface area (Å²) in [6, 6.07) is 0.527. The Hall–Kier alpha value is -1.36. The molecule has 0 radical (unpaired) electrons. The summed E-state index contributed by atoms with van der Waals surface area (Å²) in [6.45, 7) is 1.09. The summed E-state index contributed by atoms with van der Waals surface area (Å²) in [4.78, 5) is 11.6. The van der Waals surface area contributed by atoms with Gasteiger partial charge in [0, 0.05) is 25.7 Å². The second-order valence-electron chi connectivity index (χ2n) is 4.28. The van der Waals surface area contributed by atoms with Crippen molar-refractivity contribution >= 4 is 11.6 Å². The fraction of sp³-hybridized carbons (Fsp3) is 0.636. The van der Waals surface area contributed by atoms with Crippen LogP contribution in [0.4, 0.5) is 5.69 Å². The van der Waals surface area contributed by atoms with E-state index in [0.29, 0.717) is 12.5 Å². The van der Waals surface area contributed by atoms with Crippen LogP contribution in [0.15, 0.2) is 12.4 Å². The maximum Gasteiger partial charge on any atom is 0.224 e. The van der Waals surface area contributed by atoms with Crippen molar-refractivity contribution in [2.75, 3.05) is 11.9 Å². The lowest BCUT2D eigenvalue weighted by atomic mass is 10.1. The molecule has 1 aliphatic rings. The van der Waals surface area contributed by atoms with E-state index in [1.807, 2.05) is 7.05 Å². The van der Waals surface area contributed by atoms with Crippen molar-refractivity contribution in [3.63, 3.8) is 0 Å². The van der Waals surface area contributed by atoms with Gasteiger partial charge in [-0.05, 0) is 25.8 Å². The summed E-state index contributed by atoms with van der Waals surface area (Å²) in [5.74, 6) is 0.0710. The van der Waals surface area contributed by atoms with Crippen molar-refractivity contribution < 1.29 is 4.79 Å². The molecule has 0 aromatic carbocycles. The second-order valence-corrected chi connectivity index (χ2v) is 4.28. The van der Waals surface area contributed by atoms with Crippen LogP contribution in [0.3, 0.4) is 0 Å². The van der Waals surface area contributed by atoms with Crippen LogP contribution in [-0.4, -0.2) is 28.3 Å². The summed E-state index contributed by atoms with van der Waals surface area (Å²) in [5.41, 5.74) is 0.770. The Labute approximate surface area is 95.2 Å². The molecule has 16 heavy (non-hydrogen) atoms. The molecule has 0 aliphatic carbocycles. The molecule has 1 aromatic rings. The molecule has 0 spiro atoms. The van der Waals surface area contributed by atoms with E-state index in [2.05, 4.69) is 15.7 Å². The maximum absolute atomic E-state index is 11.6. The molecule has 88 valence electrons. The number of hydrogen-bond donors (Lipinski definition) is 2. The number of aromatic nitrogens is 2. The third-order valence-corrected chi connectivity index (χ3v) is 2.87. The average Bonchev–Trinajstić information content (AvgIpc) is 2.87. The highest BCUT2D eigenvalue weighted by Gasteiger charge is 2.15. The zero-order chi connectivity index (χ0) is 11.4. The fourth-order valence-electron chi connectivity index (χ4n) is 2.02. The van der Waals surface area contributed by atoms with Crippen LogP contribution in [0.25, 0.3) is 0 Å². The largest absolute Gasteiger partial charge is 0.323 e. The number of hydrogen-bond acceptors (Lipinski definition) is 3. The standard InChI is InChI=1S/C11H18N4O/c1-15-8-10(7-13-15)14-11(16)5-4-9-3-2-6-12-9/h7-9,12H,2-6H2,1H3,(H,14,16). The molecule has 2 rings (SSSR count). The first-order valence-electron chi connectivity index (χ1n) is 5.76. The number of anilines is 1. The molecule has 2 N–H and O–H groups in total. The quantitative estimate of drug-likeness (QED) is 0.795. The second kappa shape index (κ2) is 5.12. The first-order valence-corrected chi connectivity index (χ1v) is 5.76. The molecule has 1 aliphatic heterocycles. The van der Waals surface area contributed by atoms with Gasteiger partial charge >= 0.3 is 0 Å². The third kappa shape index (κ3) is 3.06. The summed E-state index contributed by atoms with van der Waals surface area (Å²) < 4.78 is 1.67. The van der Waals surface area contributed by atoms with Crippen LogP contribution in [0, 0.1) is 0 Å². The lowest BCUT2D eigenvalue weighted by Gasteiger charge is -2.08. The molecule has 1 saturated heterocycles. The van der Waals surface area contributed by atoms with E-state index < -0.39 is 0 Å². The van der Waals surface area contributed by atoms with Crippen LogP contribution < -0.4 is 10.6 Å². The van der Waals surface area contributed by atoms with Crippen LogP contribution in [-0.2, 0) is 11.8 Å². The average molecular weight is 222 g/mol. The van der Waals surface area contributed by atoms with Crippen molar-refractivity contribution in [1.82, 2.24) is 15.1 Å². The molecular formula is C11H18N4O. The molecule has 2 heterocycles. The van der Waals surface area contributed by atoms with E-state index in [9.17, 15) is 4.79 Å². The normalized spacial score (nSPS) is 19.9. The predicted octanol–water partition coefficient (Wildman–Crippen LogP) is 0.891. The number of aryl methyl sites for hydroxylation is 1. The molecule has 0 bridgehead atoms. The Morgan fingerprint density at radius 3 is 3.25 bits per heavy atom. The Morgan fingerprint density at radius 2 is 2.62 bits per heavy atom. The van der Waals surface area contributed by atoms with Gasteiger partial charge in [-0.3, -0.25) is 9.48 Å². The summed E-state index contributed by atoms with van der Waals surface area (Å²) in [5, 5.41) is 10.2. The van der Waals surface area contributed by atoms with Gasteiger partial charge in [-0.1, -0.05) is 0 Å². The molecular weight excluding hydrogens is 204 g/mol. The maximum atomic E-state index is 11.6. The van der Waals surface area contributed by atoms with Gasteiger partial charge in [0.25, 0.3) is 0 Å². The predicted molar refractivity (Wildman–Crippen MR) is 62.1 cm³/mol. The number of carbonyl (C=O) groups excluding carboxylic acids is 1. The van der Waals surface area contributed by atoms with Gasteiger partial charge in [0.05, 0.1) is 11.9 Å². The number of nitrogens with one attached hydrogen (secondary N) is 2. The molecule has 5 heteroatoms. The van der Waals surface area contributed by atoms with E-state index in [1.54, 1.807) is 17.1 Å². The Kier molecular flexibility index (Phi) is 3.56. The van der Waals surface area contributed by atoms with Crippen molar-refractivity contribution in [2.45, 2.75) is 31.7 Å². The molecule has 1 amide bonds. The molecule has 0 saturated carbocycles. The van der Waals surface area contributed by atoms with Crippen molar-refractivity contribution in [3.05, 3.63) is 12.4 Å². The first kappa shape index (κ1) is 11.1. The zero-order valence-electron chi connectivity index (χ0n) is 9.57. The third-order valence-electron chi connectivity index (χ3n) is 2.87. The highest BCUT2D eigenvalue weighted by molar-refractivity contribution is 5.90. The first-order chi connectivity index (χ1) is 7.74. The van der Waals surface area contributed by atoms with Crippen LogP contribution in [0.5, 0.6) is 0 Å². The van der Waals surface area contributed by atoms with E-state index >= 15 is 0 Å². The number of rotatable bonds is 4. The highest BCUT2D eigenvalue weighted by Crippen LogP contribution is 2.11. The van der Waals surface area contributed by atoms with Gasteiger partial charge in [0.2, 0.25) is 5.91 Å². The van der Waals surface area contributed by atoms with Gasteiger partial charge in [-0.15, -0.1) is 0 Å². The summed E-state index contributed by atoms with van der Waals surface area (Å²) in [7, 11) is 1.83. The van der Waals surface area contributed by atoms with Gasteiger partial charge in [0.15, 0.2) is 0 Å². The SMILES string of the molecule is Cn1cc(NC(=O)CCC2CCCN2)cn1. The van der Waals surface area contributed by atoms with Crippen molar-refractivity contribution in [2.24, 2.45) is 7.05 Å². The molecule has 5 nitrogen and oxygen atoms in total. The number of carbonyl (C=O) groups is 1. The van der Waals surface area contributed by atoms with E-state index in [4.69, 9.17) is 0 Å². The zero-order valence-corrected chi connectivity index (χ0v) is 9.57. The minimum atomic E-state index is 0.0710. The van der Waals surface area contributed by atoms with Gasteiger partial charge in [-0.2, -0.15) is 5.10 Å². The van der Waals surface area contributed by atoms with Crippen molar-refractivity contribution in [3.8, 4) is 0 Å². The molecule has 1 atom stereocenters. The van der Waals surface area contributed by atoms with Gasteiger partial charge < -0.3 is 10.6 Å². The highest BCUT2D eigenvalue weighted by atomic mass is 16.1. The number of amides is 1. The van der Waals surface area contributed by atoms with E-state index in [1.165, 1.54) is 12.8 Å². The minimum Gasteiger partial charge on any atom is -0.323 e. The molecule has 1 aromatic heterocycles. The molecule has 1 unspecified atom stereocenters. The van der Waals surface area contributed by atoms with Gasteiger partial charge in [-0.25, -0.2) is 0 Å². The van der Waals surface area contributed by atoms with Crippen LogP contribution in [0.2, 0.25) is 0 Å². The van der Waals surface area contributed by atoms with Crippen LogP contribution >= 0.6 is 0 Å². The smallest absolute Gasteiger partial charge is 0.224 e. The summed E-state index contributed by atoms with van der Waals surface area (Å²) in [6.07, 6.45) is 7.38. The van der Waals surface area contributed by atoms with Gasteiger partial charge in [0.1, 0.15) is 0 Å². The Bertz CT molecular complexity index is 355. The van der Waals surface area contributed by atoms with E-state index in [0.717, 1.165) is 18.7 Å². The van der Waals surface area contributed by atoms with Crippen molar-refractivity contribution in [1.29, 1.82) is 0 Å². The minimum absolute atomic E-state index is 0.0710. The lowest BCUT2D eigenvalue weighted by Crippen LogP contribution is -2.23. The monoisotopic (exact) mass is 222 g/mol. The Balaban J connectivity index is 1.71. The fourth-order valence-corrected chi connectivity index (χ4v) is 2.02. The molecule has 1 fully saturated rings. The van der Waals surface area contributed by atoms with E-state index in [-0.39, 0.29) is 5.91 Å². The number of nitrogens with zero attached hydrogens (tertiary/aromatic N) is 2. The lowest BCUT2D eigenvalue weighted by molar-refractivity contribution is -0.116. The topological polar surface area (TPSA) is 59.0 Å².